The van der Waals surface area contributed by atoms with Gasteiger partial charge in [-0.05, 0) is 0 Å². The van der Waals surface area contributed by atoms with Crippen molar-refractivity contribution in [3.63, 3.8) is 0 Å². The SMILES string of the molecule is C=CCOC(=S)[S-].C=CCOC(=S)[S-].[Cd+2]. The van der Waals surface area contributed by atoms with Crippen molar-refractivity contribution in [2.45, 2.75) is 0 Å². The van der Waals surface area contributed by atoms with Crippen LogP contribution < -0.4 is 0 Å². The Balaban J connectivity index is -0.000000180. The Morgan fingerprint density at radius 3 is 1.33 bits per heavy atom. The van der Waals surface area contributed by atoms with Crippen LogP contribution in [0.25, 0.3) is 0 Å². The molecule has 0 fully saturated rings. The summed E-state index contributed by atoms with van der Waals surface area (Å²) in [4.78, 5) is 0. The molecule has 0 saturated heterocycles. The fourth-order valence-corrected chi connectivity index (χ4v) is 0.526. The first-order chi connectivity index (χ1) is 6.54. The number of rotatable bonds is 4. The van der Waals surface area contributed by atoms with Gasteiger partial charge in [-0.2, -0.15) is 0 Å². The summed E-state index contributed by atoms with van der Waals surface area (Å²) in [5.74, 6) is 0. The molecule has 0 N–H and O–H groups in total. The Kier molecular flexibility index (Phi) is 23.8. The third-order valence-electron chi connectivity index (χ3n) is 0.638. The molecule has 0 heterocycles. The molecule has 0 aliphatic heterocycles. The maximum Gasteiger partial charge on any atom is 2.00 e. The van der Waals surface area contributed by atoms with Gasteiger partial charge in [0.15, 0.2) is 0 Å². The van der Waals surface area contributed by atoms with Crippen molar-refractivity contribution in [2.75, 3.05) is 13.2 Å². The van der Waals surface area contributed by atoms with Crippen LogP contribution in [0.2, 0.25) is 0 Å². The molecule has 0 aromatic heterocycles. The first-order valence-electron chi connectivity index (χ1n) is 3.44. The van der Waals surface area contributed by atoms with E-state index >= 15 is 0 Å². The van der Waals surface area contributed by atoms with E-state index in [1.807, 2.05) is 0 Å². The first kappa shape index (κ1) is 21.0. The molecule has 0 aromatic rings. The van der Waals surface area contributed by atoms with Gasteiger partial charge in [-0.3, -0.25) is 0 Å². The molecule has 0 atom stereocenters. The second kappa shape index (κ2) is 17.0. The van der Waals surface area contributed by atoms with Crippen molar-refractivity contribution in [1.82, 2.24) is 0 Å². The Labute approximate surface area is 132 Å². The third kappa shape index (κ3) is 31.3. The molecule has 0 aliphatic rings. The van der Waals surface area contributed by atoms with E-state index < -0.39 is 0 Å². The van der Waals surface area contributed by atoms with Crippen molar-refractivity contribution >= 4 is 58.5 Å². The van der Waals surface area contributed by atoms with Crippen LogP contribution in [0.15, 0.2) is 25.3 Å². The van der Waals surface area contributed by atoms with Gasteiger partial charge in [0, 0.05) is 8.77 Å². The van der Waals surface area contributed by atoms with E-state index in [9.17, 15) is 0 Å². The van der Waals surface area contributed by atoms with Gasteiger partial charge in [0.2, 0.25) is 0 Å². The largest absolute Gasteiger partial charge is 2.00 e. The van der Waals surface area contributed by atoms with Crippen LogP contribution in [0.3, 0.4) is 0 Å². The van der Waals surface area contributed by atoms with Gasteiger partial charge in [-0.15, -0.1) is 0 Å². The normalized spacial score (nSPS) is 6.93. The number of thiocarbonyl (C=S) groups is 2. The second-order valence-corrected chi connectivity index (χ2v) is 3.70. The maximum atomic E-state index is 4.62. The Bertz CT molecular complexity index is 187. The summed E-state index contributed by atoms with van der Waals surface area (Å²) in [5.41, 5.74) is 0. The van der Waals surface area contributed by atoms with Gasteiger partial charge in [0.25, 0.3) is 0 Å². The summed E-state index contributed by atoms with van der Waals surface area (Å²) in [6, 6.07) is 0. The van der Waals surface area contributed by atoms with Crippen LogP contribution in [0.5, 0.6) is 0 Å². The Hall–Kier alpha value is 0.622. The van der Waals surface area contributed by atoms with Gasteiger partial charge in [0.1, 0.15) is 13.2 Å². The summed E-state index contributed by atoms with van der Waals surface area (Å²) in [6.07, 6.45) is 3.19. The van der Waals surface area contributed by atoms with E-state index in [1.165, 1.54) is 0 Å². The van der Waals surface area contributed by atoms with Crippen molar-refractivity contribution in [2.24, 2.45) is 0 Å². The average molecular weight is 379 g/mol. The molecule has 0 rings (SSSR count). The predicted octanol–water partition coefficient (Wildman–Crippen LogP) is 2.04. The number of hydrogen-bond donors (Lipinski definition) is 0. The van der Waals surface area contributed by atoms with Gasteiger partial charge >= 0.3 is 27.3 Å². The van der Waals surface area contributed by atoms with Crippen LogP contribution in [-0.2, 0) is 62.0 Å². The van der Waals surface area contributed by atoms with Crippen LogP contribution >= 0.6 is 24.4 Å². The number of ether oxygens (including phenoxy) is 2. The predicted molar refractivity (Wildman–Crippen MR) is 72.2 cm³/mol. The molecule has 15 heavy (non-hydrogen) atoms. The standard InChI is InChI=1S/2C4H6OS2.Cd/c2*1-2-3-5-4(6)7;/h2*2H,1,3H2,(H,6,7);/q;;+2/p-2. The summed E-state index contributed by atoms with van der Waals surface area (Å²) in [5, 5.41) is 0. The molecule has 0 unspecified atom stereocenters. The number of hydrogen-bond acceptors (Lipinski definition) is 6. The van der Waals surface area contributed by atoms with E-state index in [1.54, 1.807) is 12.2 Å². The molecule has 0 aromatic carbocycles. The monoisotopic (exact) mass is 380 g/mol. The zero-order valence-corrected chi connectivity index (χ0v) is 15.4. The van der Waals surface area contributed by atoms with E-state index in [2.05, 4.69) is 72.3 Å². The molecule has 0 bridgehead atoms. The van der Waals surface area contributed by atoms with Crippen molar-refractivity contribution < 1.29 is 36.8 Å². The minimum Gasteiger partial charge on any atom is -0.509 e. The minimum absolute atomic E-state index is 0. The fourth-order valence-electron chi connectivity index (χ4n) is 0.254. The molecule has 0 spiro atoms. The maximum absolute atomic E-state index is 4.62. The topological polar surface area (TPSA) is 18.5 Å². The molecular formula is C8H10CdO2S4. The summed E-state index contributed by atoms with van der Waals surface area (Å²) >= 11 is 17.6. The van der Waals surface area contributed by atoms with Crippen molar-refractivity contribution in [3.8, 4) is 0 Å². The summed E-state index contributed by atoms with van der Waals surface area (Å²) in [7, 11) is 0. The fraction of sp³-hybridized carbons (Fsp3) is 0.250. The summed E-state index contributed by atoms with van der Waals surface area (Å²) < 4.78 is 9.54. The second-order valence-electron chi connectivity index (χ2n) is 1.70. The van der Waals surface area contributed by atoms with Crippen LogP contribution in [-0.4, -0.2) is 22.0 Å². The van der Waals surface area contributed by atoms with E-state index in [0.717, 1.165) is 0 Å². The van der Waals surface area contributed by atoms with Crippen LogP contribution in [0.4, 0.5) is 0 Å². The van der Waals surface area contributed by atoms with Crippen molar-refractivity contribution in [1.29, 1.82) is 0 Å². The molecule has 0 amide bonds. The minimum atomic E-state index is 0. The van der Waals surface area contributed by atoms with E-state index in [4.69, 9.17) is 0 Å². The van der Waals surface area contributed by atoms with Gasteiger partial charge in [-0.25, -0.2) is 0 Å². The van der Waals surface area contributed by atoms with Gasteiger partial charge < -0.3 is 59.2 Å². The smallest absolute Gasteiger partial charge is 0.509 e. The molecule has 0 radical (unpaired) electrons. The van der Waals surface area contributed by atoms with Crippen molar-refractivity contribution in [3.05, 3.63) is 25.3 Å². The van der Waals surface area contributed by atoms with Gasteiger partial charge in [-0.1, -0.05) is 25.3 Å². The molecule has 7 heteroatoms. The van der Waals surface area contributed by atoms with Crippen LogP contribution in [0, 0.1) is 0 Å². The molecular weight excluding hydrogens is 369 g/mol. The molecule has 2 nitrogen and oxygen atoms in total. The Morgan fingerprint density at radius 2 is 1.27 bits per heavy atom. The first-order valence-corrected chi connectivity index (χ1v) is 5.07. The Morgan fingerprint density at radius 1 is 1.00 bits per heavy atom. The average Bonchev–Trinajstić information content (AvgIpc) is 2.12. The third-order valence-corrected chi connectivity index (χ3v) is 1.11. The summed E-state index contributed by atoms with van der Waals surface area (Å²) in [6.45, 7) is 7.64. The van der Waals surface area contributed by atoms with Gasteiger partial charge in [0.05, 0.1) is 0 Å². The quantitative estimate of drug-likeness (QED) is 0.320. The molecule has 0 aliphatic carbocycles. The molecule has 80 valence electrons. The molecule has 0 saturated carbocycles. The zero-order chi connectivity index (χ0) is 11.4. The van der Waals surface area contributed by atoms with E-state index in [0.29, 0.717) is 13.2 Å². The zero-order valence-electron chi connectivity index (χ0n) is 8.14. The van der Waals surface area contributed by atoms with E-state index in [-0.39, 0.29) is 36.1 Å². The van der Waals surface area contributed by atoms with Crippen LogP contribution in [0.1, 0.15) is 0 Å².